The molecule has 0 saturated heterocycles. The van der Waals surface area contributed by atoms with E-state index in [1.165, 1.54) is 12.1 Å². The molecule has 0 atom stereocenters. The highest BCUT2D eigenvalue weighted by atomic mass is 35.5. The highest BCUT2D eigenvalue weighted by Crippen LogP contribution is 2.30. The molecule has 0 fully saturated rings. The zero-order chi connectivity index (χ0) is 20.2. The summed E-state index contributed by atoms with van der Waals surface area (Å²) in [5.41, 5.74) is 2.51. The fourth-order valence-corrected chi connectivity index (χ4v) is 3.35. The van der Waals surface area contributed by atoms with Crippen LogP contribution in [0.3, 0.4) is 0 Å². The number of halogens is 2. The number of rotatable bonds is 6. The smallest absolute Gasteiger partial charge is 0.183 e. The number of benzene rings is 3. The lowest BCUT2D eigenvalue weighted by atomic mass is 10.1. The first kappa shape index (κ1) is 19.2. The Hall–Kier alpha value is -3.09. The minimum atomic E-state index is 0.0733. The summed E-state index contributed by atoms with van der Waals surface area (Å²) in [6.07, 6.45) is 0. The zero-order valence-electron chi connectivity index (χ0n) is 15.2. The van der Waals surface area contributed by atoms with Crippen LogP contribution >= 0.6 is 23.2 Å². The molecule has 0 amide bonds. The highest BCUT2D eigenvalue weighted by Gasteiger charge is 2.15. The van der Waals surface area contributed by atoms with Crippen molar-refractivity contribution in [2.24, 2.45) is 0 Å². The molecule has 1 N–H and O–H groups in total. The van der Waals surface area contributed by atoms with E-state index in [0.29, 0.717) is 40.3 Å². The number of phenolic OH excluding ortho intramolecular Hbond substituents is 1. The Morgan fingerprint density at radius 1 is 0.966 bits per heavy atom. The van der Waals surface area contributed by atoms with E-state index in [0.717, 1.165) is 11.1 Å². The van der Waals surface area contributed by atoms with Gasteiger partial charge in [-0.25, -0.2) is 4.68 Å². The van der Waals surface area contributed by atoms with Gasteiger partial charge in [0.25, 0.3) is 0 Å². The summed E-state index contributed by atoms with van der Waals surface area (Å²) in [7, 11) is 0. The van der Waals surface area contributed by atoms with Gasteiger partial charge in [0.05, 0.1) is 11.6 Å². The van der Waals surface area contributed by atoms with Crippen molar-refractivity contribution in [3.8, 4) is 22.9 Å². The van der Waals surface area contributed by atoms with E-state index < -0.39 is 0 Å². The van der Waals surface area contributed by atoms with Gasteiger partial charge in [0, 0.05) is 16.1 Å². The maximum absolute atomic E-state index is 9.59. The zero-order valence-corrected chi connectivity index (χ0v) is 16.7. The Morgan fingerprint density at radius 2 is 1.79 bits per heavy atom. The molecular weight excluding hydrogens is 411 g/mol. The Kier molecular flexibility index (Phi) is 5.64. The van der Waals surface area contributed by atoms with Crippen molar-refractivity contribution in [3.63, 3.8) is 0 Å². The van der Waals surface area contributed by atoms with Crippen LogP contribution in [-0.2, 0) is 13.2 Å². The van der Waals surface area contributed by atoms with Crippen LogP contribution in [0.5, 0.6) is 11.5 Å². The number of nitrogens with zero attached hydrogens (tertiary/aromatic N) is 4. The molecule has 0 aliphatic carbocycles. The second-order valence-corrected chi connectivity index (χ2v) is 7.19. The third-order valence-corrected chi connectivity index (χ3v) is 4.85. The van der Waals surface area contributed by atoms with Crippen LogP contribution < -0.4 is 4.74 Å². The summed E-state index contributed by atoms with van der Waals surface area (Å²) >= 11 is 12.5. The number of hydrogen-bond donors (Lipinski definition) is 1. The van der Waals surface area contributed by atoms with Gasteiger partial charge in [-0.1, -0.05) is 53.5 Å². The molecule has 0 unspecified atom stereocenters. The molecular formula is C21H16Cl2N4O2. The fraction of sp³-hybridized carbons (Fsp3) is 0.0952. The van der Waals surface area contributed by atoms with E-state index in [4.69, 9.17) is 27.9 Å². The molecule has 0 radical (unpaired) electrons. The summed E-state index contributed by atoms with van der Waals surface area (Å²) in [6, 6.07) is 20.0. The van der Waals surface area contributed by atoms with Crippen LogP contribution in [0, 0.1) is 0 Å². The molecule has 146 valence electrons. The number of ether oxygens (including phenoxy) is 1. The van der Waals surface area contributed by atoms with E-state index >= 15 is 0 Å². The topological polar surface area (TPSA) is 73.1 Å². The van der Waals surface area contributed by atoms with Crippen LogP contribution in [0.25, 0.3) is 11.4 Å². The number of aromatic nitrogens is 4. The molecule has 0 bridgehead atoms. The summed E-state index contributed by atoms with van der Waals surface area (Å²) in [4.78, 5) is 0. The minimum absolute atomic E-state index is 0.0733. The Bertz CT molecular complexity index is 1130. The average Bonchev–Trinajstić information content (AvgIpc) is 3.16. The first-order valence-corrected chi connectivity index (χ1v) is 9.56. The molecule has 0 spiro atoms. The third kappa shape index (κ3) is 4.50. The summed E-state index contributed by atoms with van der Waals surface area (Å²) in [5.74, 6) is 1.24. The van der Waals surface area contributed by atoms with Gasteiger partial charge in [0.1, 0.15) is 18.1 Å². The van der Waals surface area contributed by atoms with Gasteiger partial charge in [-0.15, -0.1) is 5.10 Å². The average molecular weight is 427 g/mol. The lowest BCUT2D eigenvalue weighted by Crippen LogP contribution is -2.07. The minimum Gasteiger partial charge on any atom is -0.508 e. The van der Waals surface area contributed by atoms with Gasteiger partial charge in [-0.2, -0.15) is 0 Å². The van der Waals surface area contributed by atoms with Crippen LogP contribution in [0.15, 0.2) is 66.7 Å². The first-order valence-electron chi connectivity index (χ1n) is 8.80. The molecule has 0 saturated carbocycles. The van der Waals surface area contributed by atoms with Crippen molar-refractivity contribution in [3.05, 3.63) is 87.9 Å². The number of tetrazole rings is 1. The summed E-state index contributed by atoms with van der Waals surface area (Å²) < 4.78 is 7.62. The quantitative estimate of drug-likeness (QED) is 0.470. The predicted molar refractivity (Wildman–Crippen MR) is 111 cm³/mol. The monoisotopic (exact) mass is 426 g/mol. The second kappa shape index (κ2) is 8.51. The Morgan fingerprint density at radius 3 is 2.59 bits per heavy atom. The maximum atomic E-state index is 9.59. The molecule has 29 heavy (non-hydrogen) atoms. The van der Waals surface area contributed by atoms with Gasteiger partial charge >= 0.3 is 0 Å². The summed E-state index contributed by atoms with van der Waals surface area (Å²) in [5, 5.41) is 22.5. The lowest BCUT2D eigenvalue weighted by Gasteiger charge is -2.13. The molecule has 1 aromatic heterocycles. The fourth-order valence-electron chi connectivity index (χ4n) is 2.90. The highest BCUT2D eigenvalue weighted by molar-refractivity contribution is 6.33. The number of aromatic hydroxyl groups is 1. The second-order valence-electron chi connectivity index (χ2n) is 6.35. The van der Waals surface area contributed by atoms with Crippen LogP contribution in [0.4, 0.5) is 0 Å². The van der Waals surface area contributed by atoms with Crippen molar-refractivity contribution in [1.82, 2.24) is 20.2 Å². The number of phenols is 1. The SMILES string of the molecule is Oc1ccc(-c2nnnn2Cc2cc(Cl)ccc2OCc2ccccc2)c(Cl)c1. The van der Waals surface area contributed by atoms with E-state index in [2.05, 4.69) is 15.5 Å². The maximum Gasteiger partial charge on any atom is 0.183 e. The molecule has 4 aromatic rings. The van der Waals surface area contributed by atoms with Gasteiger partial charge in [0.15, 0.2) is 5.82 Å². The largest absolute Gasteiger partial charge is 0.508 e. The molecule has 6 nitrogen and oxygen atoms in total. The van der Waals surface area contributed by atoms with Crippen LogP contribution in [-0.4, -0.2) is 25.3 Å². The van der Waals surface area contributed by atoms with Crippen molar-refractivity contribution < 1.29 is 9.84 Å². The van der Waals surface area contributed by atoms with E-state index in [1.54, 1.807) is 16.8 Å². The van der Waals surface area contributed by atoms with Gasteiger partial charge in [-0.05, 0) is 52.4 Å². The molecule has 1 heterocycles. The van der Waals surface area contributed by atoms with Crippen molar-refractivity contribution >= 4 is 23.2 Å². The Labute approximate surface area is 177 Å². The normalized spacial score (nSPS) is 10.8. The first-order chi connectivity index (χ1) is 14.1. The lowest BCUT2D eigenvalue weighted by molar-refractivity contribution is 0.302. The summed E-state index contributed by atoms with van der Waals surface area (Å²) in [6.45, 7) is 0.770. The van der Waals surface area contributed by atoms with Gasteiger partial charge in [0.2, 0.25) is 0 Å². The molecule has 0 aliphatic rings. The van der Waals surface area contributed by atoms with Crippen LogP contribution in [0.1, 0.15) is 11.1 Å². The third-order valence-electron chi connectivity index (χ3n) is 4.31. The Balaban J connectivity index is 1.62. The van der Waals surface area contributed by atoms with E-state index in [-0.39, 0.29) is 5.75 Å². The standard InChI is InChI=1S/C21H16Cl2N4O2/c22-16-6-9-20(29-13-14-4-2-1-3-5-14)15(10-16)12-27-21(24-25-26-27)18-8-7-17(28)11-19(18)23/h1-11,28H,12-13H2. The van der Waals surface area contributed by atoms with E-state index in [9.17, 15) is 5.11 Å². The van der Waals surface area contributed by atoms with Crippen molar-refractivity contribution in [2.75, 3.05) is 0 Å². The van der Waals surface area contributed by atoms with Crippen LogP contribution in [0.2, 0.25) is 10.0 Å². The predicted octanol–water partition coefficient (Wildman–Crippen LogP) is 4.98. The molecule has 4 rings (SSSR count). The van der Waals surface area contributed by atoms with E-state index in [1.807, 2.05) is 42.5 Å². The molecule has 8 heteroatoms. The van der Waals surface area contributed by atoms with Crippen molar-refractivity contribution in [2.45, 2.75) is 13.2 Å². The van der Waals surface area contributed by atoms with Crippen molar-refractivity contribution in [1.29, 1.82) is 0 Å². The van der Waals surface area contributed by atoms with Gasteiger partial charge in [-0.3, -0.25) is 0 Å². The number of hydrogen-bond acceptors (Lipinski definition) is 5. The molecule has 0 aliphatic heterocycles. The molecule has 3 aromatic carbocycles. The van der Waals surface area contributed by atoms with Gasteiger partial charge < -0.3 is 9.84 Å².